The van der Waals surface area contributed by atoms with E-state index in [1.165, 1.54) is 25.3 Å². The highest BCUT2D eigenvalue weighted by molar-refractivity contribution is 5.81. The first-order valence-electron chi connectivity index (χ1n) is 6.51. The Morgan fingerprint density at radius 2 is 1.95 bits per heavy atom. The number of methoxy groups -OCH3 is 1. The van der Waals surface area contributed by atoms with E-state index >= 15 is 0 Å². The zero-order valence-electron chi connectivity index (χ0n) is 12.4. The predicted octanol–water partition coefficient (Wildman–Crippen LogP) is 0.657. The third-order valence-corrected chi connectivity index (χ3v) is 3.11. The molecule has 0 saturated heterocycles. The molecule has 0 spiro atoms. The van der Waals surface area contributed by atoms with Crippen LogP contribution in [0.2, 0.25) is 0 Å². The second-order valence-electron chi connectivity index (χ2n) is 4.92. The van der Waals surface area contributed by atoms with E-state index in [9.17, 15) is 13.6 Å². The van der Waals surface area contributed by atoms with Gasteiger partial charge in [0, 0.05) is 19.2 Å². The minimum Gasteiger partial charge on any atom is -0.383 e. The maximum absolute atomic E-state index is 13.8. The molecule has 5 nitrogen and oxygen atoms in total. The van der Waals surface area contributed by atoms with Crippen molar-refractivity contribution in [3.05, 3.63) is 35.4 Å². The Kier molecular flexibility index (Phi) is 6.67. The fourth-order valence-electron chi connectivity index (χ4n) is 1.96. The molecule has 2 atom stereocenters. The smallest absolute Gasteiger partial charge is 0.239 e. The summed E-state index contributed by atoms with van der Waals surface area (Å²) in [7, 11) is 4.79. The van der Waals surface area contributed by atoms with Crippen molar-refractivity contribution in [3.63, 3.8) is 0 Å². The average Bonchev–Trinajstić information content (AvgIpc) is 2.41. The molecule has 0 heterocycles. The summed E-state index contributed by atoms with van der Waals surface area (Å²) in [6, 6.07) is 2.22. The summed E-state index contributed by atoms with van der Waals surface area (Å²) in [6.07, 6.45) is 0. The summed E-state index contributed by atoms with van der Waals surface area (Å²) in [5.41, 5.74) is 5.51. The van der Waals surface area contributed by atoms with Crippen LogP contribution in [0.1, 0.15) is 11.6 Å². The number of ether oxygens (including phenoxy) is 1. The van der Waals surface area contributed by atoms with Gasteiger partial charge < -0.3 is 20.7 Å². The van der Waals surface area contributed by atoms with Crippen molar-refractivity contribution >= 4 is 5.91 Å². The van der Waals surface area contributed by atoms with Gasteiger partial charge in [0.15, 0.2) is 0 Å². The Bertz CT molecular complexity index is 463. The van der Waals surface area contributed by atoms with E-state index < -0.39 is 29.6 Å². The third kappa shape index (κ3) is 4.73. The quantitative estimate of drug-likeness (QED) is 0.776. The van der Waals surface area contributed by atoms with E-state index in [0.29, 0.717) is 0 Å². The summed E-state index contributed by atoms with van der Waals surface area (Å²) in [5, 5.41) is 2.58. The lowest BCUT2D eigenvalue weighted by Gasteiger charge is -2.26. The van der Waals surface area contributed by atoms with Crippen LogP contribution in [-0.2, 0) is 9.53 Å². The zero-order chi connectivity index (χ0) is 16.0. The van der Waals surface area contributed by atoms with Gasteiger partial charge in [-0.3, -0.25) is 4.79 Å². The molecule has 1 amide bonds. The normalized spacial score (nSPS) is 14.0. The number of nitrogens with two attached hydrogens (primary N) is 1. The van der Waals surface area contributed by atoms with Gasteiger partial charge in [-0.25, -0.2) is 8.78 Å². The second-order valence-corrected chi connectivity index (χ2v) is 4.92. The third-order valence-electron chi connectivity index (χ3n) is 3.11. The molecular formula is C14H21F2N3O2. The van der Waals surface area contributed by atoms with Crippen LogP contribution in [-0.4, -0.2) is 51.2 Å². The van der Waals surface area contributed by atoms with Gasteiger partial charge in [0.1, 0.15) is 17.7 Å². The Hall–Kier alpha value is -1.57. The van der Waals surface area contributed by atoms with E-state index in [1.54, 1.807) is 19.0 Å². The van der Waals surface area contributed by atoms with Gasteiger partial charge in [-0.1, -0.05) is 6.07 Å². The zero-order valence-corrected chi connectivity index (χ0v) is 12.4. The van der Waals surface area contributed by atoms with Gasteiger partial charge in [-0.15, -0.1) is 0 Å². The number of benzene rings is 1. The molecule has 2 unspecified atom stereocenters. The molecule has 1 aromatic carbocycles. The maximum atomic E-state index is 13.8. The molecule has 7 heteroatoms. The fraction of sp³-hybridized carbons (Fsp3) is 0.500. The van der Waals surface area contributed by atoms with Crippen LogP contribution in [0.4, 0.5) is 8.78 Å². The second kappa shape index (κ2) is 8.02. The molecule has 0 aliphatic rings. The Morgan fingerprint density at radius 1 is 1.38 bits per heavy atom. The van der Waals surface area contributed by atoms with Crippen molar-refractivity contribution in [1.29, 1.82) is 0 Å². The van der Waals surface area contributed by atoms with Crippen LogP contribution in [0.15, 0.2) is 18.2 Å². The molecule has 0 radical (unpaired) electrons. The highest BCUT2D eigenvalue weighted by atomic mass is 19.1. The van der Waals surface area contributed by atoms with Crippen LogP contribution < -0.4 is 11.1 Å². The summed E-state index contributed by atoms with van der Waals surface area (Å²) >= 11 is 0. The van der Waals surface area contributed by atoms with E-state index in [0.717, 1.165) is 0 Å². The monoisotopic (exact) mass is 301 g/mol. The lowest BCUT2D eigenvalue weighted by Crippen LogP contribution is -2.46. The van der Waals surface area contributed by atoms with Gasteiger partial charge in [-0.05, 0) is 26.2 Å². The Labute approximate surface area is 123 Å². The first-order chi connectivity index (χ1) is 9.88. The minimum absolute atomic E-state index is 0.0428. The number of rotatable bonds is 7. The minimum atomic E-state index is -0.816. The van der Waals surface area contributed by atoms with Gasteiger partial charge in [0.2, 0.25) is 5.91 Å². The van der Waals surface area contributed by atoms with Crippen LogP contribution in [0, 0.1) is 11.6 Å². The summed E-state index contributed by atoms with van der Waals surface area (Å²) in [4.78, 5) is 13.4. The summed E-state index contributed by atoms with van der Waals surface area (Å²) < 4.78 is 32.5. The van der Waals surface area contributed by atoms with E-state index in [2.05, 4.69) is 5.32 Å². The first kappa shape index (κ1) is 17.5. The Morgan fingerprint density at radius 3 is 2.43 bits per heavy atom. The standard InChI is InChI=1S/C14H21F2N3O2/c1-19(2)12(7-18-14(20)11(17)8-21-3)13-9(15)5-4-6-10(13)16/h4-6,11-12H,7-8,17H2,1-3H3,(H,18,20). The number of likely N-dealkylation sites (N-methyl/N-ethyl adjacent to an activating group) is 1. The topological polar surface area (TPSA) is 67.6 Å². The number of halogens is 2. The predicted molar refractivity (Wildman–Crippen MR) is 75.6 cm³/mol. The number of amides is 1. The van der Waals surface area contributed by atoms with Crippen molar-refractivity contribution in [1.82, 2.24) is 10.2 Å². The van der Waals surface area contributed by atoms with E-state index in [4.69, 9.17) is 10.5 Å². The molecule has 21 heavy (non-hydrogen) atoms. The lowest BCUT2D eigenvalue weighted by molar-refractivity contribution is -0.123. The number of hydrogen-bond acceptors (Lipinski definition) is 4. The van der Waals surface area contributed by atoms with Crippen molar-refractivity contribution in [2.45, 2.75) is 12.1 Å². The molecular weight excluding hydrogens is 280 g/mol. The van der Waals surface area contributed by atoms with Crippen molar-refractivity contribution in [3.8, 4) is 0 Å². The number of carbonyl (C=O) groups is 1. The lowest BCUT2D eigenvalue weighted by atomic mass is 10.0. The van der Waals surface area contributed by atoms with Gasteiger partial charge in [0.25, 0.3) is 0 Å². The maximum Gasteiger partial charge on any atom is 0.239 e. The van der Waals surface area contributed by atoms with E-state index in [1.807, 2.05) is 0 Å². The summed E-state index contributed by atoms with van der Waals surface area (Å²) in [5.74, 6) is -1.73. The van der Waals surface area contributed by atoms with Crippen LogP contribution in [0.25, 0.3) is 0 Å². The molecule has 0 fully saturated rings. The highest BCUT2D eigenvalue weighted by Gasteiger charge is 2.23. The number of carbonyl (C=O) groups excluding carboxylic acids is 1. The SMILES string of the molecule is COCC(N)C(=O)NCC(c1c(F)cccc1F)N(C)C. The Balaban J connectivity index is 2.82. The van der Waals surface area contributed by atoms with Gasteiger partial charge in [-0.2, -0.15) is 0 Å². The van der Waals surface area contributed by atoms with Crippen LogP contribution in [0.5, 0.6) is 0 Å². The molecule has 0 aliphatic heterocycles. The van der Waals surface area contributed by atoms with E-state index in [-0.39, 0.29) is 18.7 Å². The molecule has 0 aliphatic carbocycles. The number of hydrogen-bond donors (Lipinski definition) is 2. The molecule has 0 saturated carbocycles. The molecule has 1 aromatic rings. The molecule has 118 valence electrons. The van der Waals surface area contributed by atoms with Gasteiger partial charge in [0.05, 0.1) is 12.6 Å². The van der Waals surface area contributed by atoms with Crippen LogP contribution in [0.3, 0.4) is 0 Å². The molecule has 1 rings (SSSR count). The molecule has 0 bridgehead atoms. The van der Waals surface area contributed by atoms with Crippen LogP contribution >= 0.6 is 0 Å². The first-order valence-corrected chi connectivity index (χ1v) is 6.51. The highest BCUT2D eigenvalue weighted by Crippen LogP contribution is 2.23. The van der Waals surface area contributed by atoms with Crippen molar-refractivity contribution in [2.75, 3.05) is 34.4 Å². The van der Waals surface area contributed by atoms with Crippen molar-refractivity contribution < 1.29 is 18.3 Å². The van der Waals surface area contributed by atoms with Gasteiger partial charge >= 0.3 is 0 Å². The molecule has 0 aromatic heterocycles. The number of nitrogens with zero attached hydrogens (tertiary/aromatic N) is 1. The van der Waals surface area contributed by atoms with Crippen molar-refractivity contribution in [2.24, 2.45) is 5.73 Å². The summed E-state index contributed by atoms with van der Waals surface area (Å²) in [6.45, 7) is 0.119. The number of nitrogens with one attached hydrogen (secondary N) is 1. The fourth-order valence-corrected chi connectivity index (χ4v) is 1.96. The largest absolute Gasteiger partial charge is 0.383 e. The molecule has 3 N–H and O–H groups in total. The average molecular weight is 301 g/mol.